The molecule has 1 N–H and O–H groups in total. The second-order valence-corrected chi connectivity index (χ2v) is 12.2. The van der Waals surface area contributed by atoms with E-state index in [1.807, 2.05) is 11.1 Å². The molecule has 10 heteroatoms. The number of nitrogens with zero attached hydrogens (tertiary/aromatic N) is 4. The molecule has 7 nitrogen and oxygen atoms in total. The molecular weight excluding hydrogens is 552 g/mol. The average Bonchev–Trinajstić information content (AvgIpc) is 3.14. The van der Waals surface area contributed by atoms with Crippen LogP contribution in [0, 0.1) is 5.82 Å². The Morgan fingerprint density at radius 2 is 1.77 bits per heavy atom. The first kappa shape index (κ1) is 32.7. The van der Waals surface area contributed by atoms with Gasteiger partial charge in [-0.1, -0.05) is 26.0 Å². The van der Waals surface area contributed by atoms with Crippen LogP contribution in [0.4, 0.5) is 10.1 Å². The van der Waals surface area contributed by atoms with Crippen molar-refractivity contribution >= 4 is 36.4 Å². The maximum Gasteiger partial charge on any atom is 0.241 e. The van der Waals surface area contributed by atoms with E-state index in [1.54, 1.807) is 12.1 Å². The Balaban J connectivity index is 0.00000220. The van der Waals surface area contributed by atoms with Gasteiger partial charge < -0.3 is 15.0 Å². The van der Waals surface area contributed by atoms with Gasteiger partial charge in [0.15, 0.2) is 0 Å². The summed E-state index contributed by atoms with van der Waals surface area (Å²) in [5.74, 6) is -0.114. The number of aromatic nitrogens is 1. The normalized spacial score (nSPS) is 26.5. The van der Waals surface area contributed by atoms with Crippen molar-refractivity contribution in [2.75, 3.05) is 50.8 Å². The van der Waals surface area contributed by atoms with E-state index >= 15 is 0 Å². The van der Waals surface area contributed by atoms with E-state index in [2.05, 4.69) is 55.8 Å². The number of piperazine rings is 1. The highest BCUT2D eigenvalue weighted by Crippen LogP contribution is 2.39. The molecule has 1 aromatic heterocycles. The molecule has 1 amide bonds. The van der Waals surface area contributed by atoms with Crippen LogP contribution >= 0.6 is 24.8 Å². The molecule has 5 rings (SSSR count). The molecule has 3 aliphatic rings. The number of nitrogens with one attached hydrogen (secondary N) is 1. The zero-order chi connectivity index (χ0) is 27.0. The lowest BCUT2D eigenvalue weighted by Gasteiger charge is -2.46. The summed E-state index contributed by atoms with van der Waals surface area (Å²) in [5, 5.41) is 3.63. The van der Waals surface area contributed by atoms with Gasteiger partial charge in [0.25, 0.3) is 0 Å². The first-order valence-electron chi connectivity index (χ1n) is 14.0. The molecule has 222 valence electrons. The summed E-state index contributed by atoms with van der Waals surface area (Å²) in [6.07, 6.45) is 2.55. The van der Waals surface area contributed by atoms with Gasteiger partial charge in [-0.3, -0.25) is 19.6 Å². The van der Waals surface area contributed by atoms with Crippen molar-refractivity contribution in [3.05, 3.63) is 59.2 Å². The van der Waals surface area contributed by atoms with Crippen LogP contribution in [-0.2, 0) is 21.4 Å². The number of pyridine rings is 1. The number of carbonyl (C=O) groups is 1. The standard InChI is InChI=1S/C30H42FN5O2.2ClH/c1-20-14-34(26(13-32-20)15-35-21(2)17-38-18-22(35)3)16-28(37)36-19-30(4,5)29-27(36)11-24(12-33-29)10-23-6-8-25(31)9-7-23;;/h6-9,11-12,20-22,26,32H,10,13-19H2,1-5H3;2*1H/t20-,21-,22+,26-;;/m1../s1. The van der Waals surface area contributed by atoms with Gasteiger partial charge in [-0.05, 0) is 56.5 Å². The van der Waals surface area contributed by atoms with Gasteiger partial charge in [0.2, 0.25) is 5.91 Å². The third kappa shape index (κ3) is 7.15. The molecule has 2 aromatic rings. The number of morpholine rings is 1. The fourth-order valence-electron chi connectivity index (χ4n) is 6.24. The SMILES string of the molecule is C[C@@H]1CN(CC(=O)N2CC(C)(C)c3ncc(Cc4ccc(F)cc4)cc32)[C@@H](CN2[C@H](C)COC[C@@H]2C)CN1.Cl.Cl. The fraction of sp³-hybridized carbons (Fsp3) is 0.600. The Morgan fingerprint density at radius 3 is 2.45 bits per heavy atom. The van der Waals surface area contributed by atoms with Crippen LogP contribution < -0.4 is 10.2 Å². The van der Waals surface area contributed by atoms with E-state index < -0.39 is 0 Å². The van der Waals surface area contributed by atoms with Crippen molar-refractivity contribution in [2.45, 2.75) is 70.6 Å². The summed E-state index contributed by atoms with van der Waals surface area (Å²) >= 11 is 0. The Morgan fingerprint density at radius 1 is 1.10 bits per heavy atom. The van der Waals surface area contributed by atoms with E-state index in [9.17, 15) is 9.18 Å². The smallest absolute Gasteiger partial charge is 0.241 e. The van der Waals surface area contributed by atoms with Crippen LogP contribution in [0.5, 0.6) is 0 Å². The van der Waals surface area contributed by atoms with Crippen LogP contribution in [0.2, 0.25) is 0 Å². The van der Waals surface area contributed by atoms with Crippen LogP contribution in [0.15, 0.2) is 36.5 Å². The second-order valence-electron chi connectivity index (χ2n) is 12.2. The summed E-state index contributed by atoms with van der Waals surface area (Å²) in [6, 6.07) is 10.0. The van der Waals surface area contributed by atoms with Crippen molar-refractivity contribution in [1.82, 2.24) is 20.1 Å². The van der Waals surface area contributed by atoms with Crippen molar-refractivity contribution in [1.29, 1.82) is 0 Å². The molecule has 4 heterocycles. The molecule has 0 radical (unpaired) electrons. The molecule has 0 bridgehead atoms. The van der Waals surface area contributed by atoms with Crippen LogP contribution in [0.3, 0.4) is 0 Å². The van der Waals surface area contributed by atoms with Crippen LogP contribution in [0.1, 0.15) is 51.4 Å². The molecule has 0 saturated carbocycles. The van der Waals surface area contributed by atoms with E-state index in [4.69, 9.17) is 9.72 Å². The number of fused-ring (bicyclic) bond motifs is 1. The van der Waals surface area contributed by atoms with E-state index in [1.165, 1.54) is 12.1 Å². The van der Waals surface area contributed by atoms with Crippen molar-refractivity contribution < 1.29 is 13.9 Å². The van der Waals surface area contributed by atoms with E-state index in [-0.39, 0.29) is 48.0 Å². The van der Waals surface area contributed by atoms with Crippen LogP contribution in [-0.4, -0.2) is 90.8 Å². The highest BCUT2D eigenvalue weighted by Gasteiger charge is 2.41. The topological polar surface area (TPSA) is 60.9 Å². The summed E-state index contributed by atoms with van der Waals surface area (Å²) in [4.78, 5) is 25.6. The number of ether oxygens (including phenoxy) is 1. The molecule has 0 aliphatic carbocycles. The third-order valence-corrected chi connectivity index (χ3v) is 8.37. The quantitative estimate of drug-likeness (QED) is 0.543. The Labute approximate surface area is 250 Å². The summed E-state index contributed by atoms with van der Waals surface area (Å²) in [7, 11) is 0. The van der Waals surface area contributed by atoms with E-state index in [0.29, 0.717) is 37.6 Å². The number of carbonyl (C=O) groups excluding carboxylic acids is 1. The number of rotatable bonds is 6. The number of anilines is 1. The minimum absolute atomic E-state index is 0. The van der Waals surface area contributed by atoms with Gasteiger partial charge in [-0.25, -0.2) is 4.39 Å². The Kier molecular flexibility index (Phi) is 11.0. The van der Waals surface area contributed by atoms with Crippen LogP contribution in [0.25, 0.3) is 0 Å². The molecule has 0 spiro atoms. The largest absolute Gasteiger partial charge is 0.378 e. The van der Waals surface area contributed by atoms with Gasteiger partial charge in [0.05, 0.1) is 31.1 Å². The molecule has 3 aliphatic heterocycles. The lowest BCUT2D eigenvalue weighted by molar-refractivity contribution is -0.121. The van der Waals surface area contributed by atoms with Crippen molar-refractivity contribution in [3.63, 3.8) is 0 Å². The lowest BCUT2D eigenvalue weighted by Crippen LogP contribution is -2.63. The van der Waals surface area contributed by atoms with Gasteiger partial charge in [0.1, 0.15) is 5.82 Å². The predicted octanol–water partition coefficient (Wildman–Crippen LogP) is 4.05. The highest BCUT2D eigenvalue weighted by molar-refractivity contribution is 5.97. The Hall–Kier alpha value is -1.81. The zero-order valence-corrected chi connectivity index (χ0v) is 25.9. The first-order chi connectivity index (χ1) is 18.1. The Bertz CT molecular complexity index is 1140. The first-order valence-corrected chi connectivity index (χ1v) is 14.0. The number of hydrogen-bond acceptors (Lipinski definition) is 6. The third-order valence-electron chi connectivity index (χ3n) is 8.37. The van der Waals surface area contributed by atoms with Gasteiger partial charge in [0, 0.05) is 62.0 Å². The van der Waals surface area contributed by atoms with E-state index in [0.717, 1.165) is 55.4 Å². The zero-order valence-electron chi connectivity index (χ0n) is 24.2. The second kappa shape index (κ2) is 13.4. The molecule has 2 fully saturated rings. The maximum absolute atomic E-state index is 13.9. The highest BCUT2D eigenvalue weighted by atomic mass is 35.5. The number of hydrogen-bond donors (Lipinski definition) is 1. The minimum Gasteiger partial charge on any atom is -0.378 e. The lowest BCUT2D eigenvalue weighted by atomic mass is 9.91. The monoisotopic (exact) mass is 595 g/mol. The summed E-state index contributed by atoms with van der Waals surface area (Å²) < 4.78 is 19.1. The molecule has 4 atom stereocenters. The number of halogens is 3. The molecule has 1 aromatic carbocycles. The molecule has 40 heavy (non-hydrogen) atoms. The van der Waals surface area contributed by atoms with Gasteiger partial charge in [-0.2, -0.15) is 0 Å². The summed E-state index contributed by atoms with van der Waals surface area (Å²) in [6.45, 7) is 16.1. The molecular formula is C30H44Cl2FN5O2. The number of amides is 1. The predicted molar refractivity (Wildman–Crippen MR) is 163 cm³/mol. The van der Waals surface area contributed by atoms with Gasteiger partial charge >= 0.3 is 0 Å². The number of benzene rings is 1. The molecule has 0 unspecified atom stereocenters. The average molecular weight is 597 g/mol. The fourth-order valence-corrected chi connectivity index (χ4v) is 6.24. The molecule has 2 saturated heterocycles. The van der Waals surface area contributed by atoms with Crippen molar-refractivity contribution in [2.24, 2.45) is 0 Å². The maximum atomic E-state index is 13.9. The van der Waals surface area contributed by atoms with Gasteiger partial charge in [-0.15, -0.1) is 24.8 Å². The summed E-state index contributed by atoms with van der Waals surface area (Å²) in [5.41, 5.74) is 3.71. The van der Waals surface area contributed by atoms with Crippen molar-refractivity contribution in [3.8, 4) is 0 Å². The minimum atomic E-state index is -0.238.